The predicted octanol–water partition coefficient (Wildman–Crippen LogP) is 4.48. The van der Waals surface area contributed by atoms with E-state index < -0.39 is 0 Å². The molecule has 88 valence electrons. The Labute approximate surface area is 108 Å². The molecule has 0 spiro atoms. The highest BCUT2D eigenvalue weighted by Crippen LogP contribution is 2.26. The van der Waals surface area contributed by atoms with Gasteiger partial charge in [-0.3, -0.25) is 0 Å². The molecule has 3 heteroatoms. The van der Waals surface area contributed by atoms with Crippen molar-refractivity contribution >= 4 is 15.9 Å². The second-order valence-electron chi connectivity index (χ2n) is 3.85. The molecule has 0 aliphatic rings. The van der Waals surface area contributed by atoms with Crippen LogP contribution in [0.25, 0.3) is 0 Å². The van der Waals surface area contributed by atoms with Gasteiger partial charge in [0.15, 0.2) is 0 Å². The molecule has 0 fully saturated rings. The van der Waals surface area contributed by atoms with Gasteiger partial charge in [0.1, 0.15) is 18.2 Å². The molecule has 2 aromatic rings. The van der Waals surface area contributed by atoms with Gasteiger partial charge in [-0.15, -0.1) is 0 Å². The third-order valence-corrected chi connectivity index (χ3v) is 3.03. The predicted molar refractivity (Wildman–Crippen MR) is 69.6 cm³/mol. The van der Waals surface area contributed by atoms with Crippen molar-refractivity contribution < 1.29 is 9.13 Å². The Morgan fingerprint density at radius 1 is 1.12 bits per heavy atom. The summed E-state index contributed by atoms with van der Waals surface area (Å²) in [6, 6.07) is 12.5. The molecule has 0 radical (unpaired) electrons. The van der Waals surface area contributed by atoms with Gasteiger partial charge in [-0.1, -0.05) is 29.8 Å². The first-order chi connectivity index (χ1) is 8.15. The van der Waals surface area contributed by atoms with Crippen LogP contribution in [0.4, 0.5) is 4.39 Å². The molecule has 0 N–H and O–H groups in total. The molecular formula is C14H12BrFO. The van der Waals surface area contributed by atoms with Crippen LogP contribution in [0.1, 0.15) is 11.1 Å². The van der Waals surface area contributed by atoms with E-state index >= 15 is 0 Å². The fourth-order valence-corrected chi connectivity index (χ4v) is 1.90. The van der Waals surface area contributed by atoms with Crippen LogP contribution in [0.5, 0.6) is 5.75 Å². The van der Waals surface area contributed by atoms with Gasteiger partial charge in [0, 0.05) is 0 Å². The number of hydrogen-bond donors (Lipinski definition) is 0. The van der Waals surface area contributed by atoms with Crippen molar-refractivity contribution in [2.24, 2.45) is 0 Å². The monoisotopic (exact) mass is 294 g/mol. The number of rotatable bonds is 3. The van der Waals surface area contributed by atoms with Crippen LogP contribution in [0.15, 0.2) is 46.9 Å². The Morgan fingerprint density at radius 2 is 1.82 bits per heavy atom. The molecule has 0 bridgehead atoms. The standard InChI is InChI=1S/C14H12BrFO/c1-10-2-4-11(5-3-10)9-17-14-7-6-12(16)8-13(14)15/h2-8H,9H2,1H3. The third-order valence-electron chi connectivity index (χ3n) is 2.41. The van der Waals surface area contributed by atoms with Crippen molar-refractivity contribution in [3.05, 3.63) is 63.9 Å². The highest BCUT2D eigenvalue weighted by Gasteiger charge is 2.02. The highest BCUT2D eigenvalue weighted by atomic mass is 79.9. The Hall–Kier alpha value is -1.35. The van der Waals surface area contributed by atoms with Crippen LogP contribution >= 0.6 is 15.9 Å². The van der Waals surface area contributed by atoms with E-state index in [1.54, 1.807) is 6.07 Å². The van der Waals surface area contributed by atoms with Crippen molar-refractivity contribution in [1.29, 1.82) is 0 Å². The van der Waals surface area contributed by atoms with Gasteiger partial charge in [-0.2, -0.15) is 0 Å². The summed E-state index contributed by atoms with van der Waals surface area (Å²) in [5, 5.41) is 0. The highest BCUT2D eigenvalue weighted by molar-refractivity contribution is 9.10. The van der Waals surface area contributed by atoms with Gasteiger partial charge in [0.2, 0.25) is 0 Å². The van der Waals surface area contributed by atoms with Crippen molar-refractivity contribution in [3.8, 4) is 5.75 Å². The van der Waals surface area contributed by atoms with E-state index in [0.29, 0.717) is 16.8 Å². The largest absolute Gasteiger partial charge is 0.488 e. The maximum absolute atomic E-state index is 12.9. The topological polar surface area (TPSA) is 9.23 Å². The maximum atomic E-state index is 12.9. The Bertz CT molecular complexity index is 508. The molecule has 0 saturated heterocycles. The van der Waals surface area contributed by atoms with E-state index in [9.17, 15) is 4.39 Å². The van der Waals surface area contributed by atoms with Gasteiger partial charge < -0.3 is 4.74 Å². The normalized spacial score (nSPS) is 10.3. The first-order valence-corrected chi connectivity index (χ1v) is 6.08. The zero-order valence-corrected chi connectivity index (χ0v) is 11.0. The first kappa shape index (κ1) is 12.1. The fourth-order valence-electron chi connectivity index (χ4n) is 1.44. The second-order valence-corrected chi connectivity index (χ2v) is 4.70. The number of hydrogen-bond acceptors (Lipinski definition) is 1. The average Bonchev–Trinajstić information content (AvgIpc) is 2.30. The quantitative estimate of drug-likeness (QED) is 0.811. The lowest BCUT2D eigenvalue weighted by molar-refractivity contribution is 0.303. The number of aryl methyl sites for hydroxylation is 1. The van der Waals surface area contributed by atoms with Gasteiger partial charge in [0.25, 0.3) is 0 Å². The minimum Gasteiger partial charge on any atom is -0.488 e. The van der Waals surface area contributed by atoms with Crippen LogP contribution in [0.2, 0.25) is 0 Å². The fraction of sp³-hybridized carbons (Fsp3) is 0.143. The van der Waals surface area contributed by atoms with Crippen molar-refractivity contribution in [2.45, 2.75) is 13.5 Å². The summed E-state index contributed by atoms with van der Waals surface area (Å²) in [6.07, 6.45) is 0. The smallest absolute Gasteiger partial charge is 0.134 e. The van der Waals surface area contributed by atoms with E-state index in [1.807, 2.05) is 31.2 Å². The molecule has 0 heterocycles. The molecule has 0 unspecified atom stereocenters. The van der Waals surface area contributed by atoms with Crippen molar-refractivity contribution in [3.63, 3.8) is 0 Å². The Kier molecular flexibility index (Phi) is 3.79. The number of halogens is 2. The third kappa shape index (κ3) is 3.30. The van der Waals surface area contributed by atoms with E-state index in [0.717, 1.165) is 5.56 Å². The molecule has 1 nitrogen and oxygen atoms in total. The lowest BCUT2D eigenvalue weighted by Crippen LogP contribution is -1.96. The lowest BCUT2D eigenvalue weighted by Gasteiger charge is -2.08. The lowest BCUT2D eigenvalue weighted by atomic mass is 10.2. The summed E-state index contributed by atoms with van der Waals surface area (Å²) >= 11 is 3.27. The van der Waals surface area contributed by atoms with Crippen LogP contribution < -0.4 is 4.74 Å². The SMILES string of the molecule is Cc1ccc(COc2ccc(F)cc2Br)cc1. The molecule has 0 aliphatic heterocycles. The molecule has 0 atom stereocenters. The van der Waals surface area contributed by atoms with E-state index in [2.05, 4.69) is 15.9 Å². The average molecular weight is 295 g/mol. The molecule has 0 saturated carbocycles. The van der Waals surface area contributed by atoms with Gasteiger partial charge in [-0.05, 0) is 46.6 Å². The van der Waals surface area contributed by atoms with Gasteiger partial charge >= 0.3 is 0 Å². The Balaban J connectivity index is 2.04. The van der Waals surface area contributed by atoms with Gasteiger partial charge in [0.05, 0.1) is 4.47 Å². The molecule has 17 heavy (non-hydrogen) atoms. The second kappa shape index (κ2) is 5.32. The van der Waals surface area contributed by atoms with Crippen LogP contribution in [0.3, 0.4) is 0 Å². The van der Waals surface area contributed by atoms with Gasteiger partial charge in [-0.25, -0.2) is 4.39 Å². The molecule has 0 amide bonds. The van der Waals surface area contributed by atoms with Crippen molar-refractivity contribution in [1.82, 2.24) is 0 Å². The summed E-state index contributed by atoms with van der Waals surface area (Å²) in [6.45, 7) is 2.52. The van der Waals surface area contributed by atoms with E-state index in [1.165, 1.54) is 17.7 Å². The molecule has 2 rings (SSSR count). The van der Waals surface area contributed by atoms with Crippen LogP contribution in [0, 0.1) is 12.7 Å². The molecular weight excluding hydrogens is 283 g/mol. The summed E-state index contributed by atoms with van der Waals surface area (Å²) in [5.41, 5.74) is 2.31. The minimum absolute atomic E-state index is 0.278. The summed E-state index contributed by atoms with van der Waals surface area (Å²) in [4.78, 5) is 0. The van der Waals surface area contributed by atoms with Crippen molar-refractivity contribution in [2.75, 3.05) is 0 Å². The molecule has 2 aromatic carbocycles. The van der Waals surface area contributed by atoms with Crippen LogP contribution in [-0.2, 0) is 6.61 Å². The number of benzene rings is 2. The summed E-state index contributed by atoms with van der Waals surface area (Å²) < 4.78 is 19.1. The van der Waals surface area contributed by atoms with Crippen LogP contribution in [-0.4, -0.2) is 0 Å². The number of ether oxygens (including phenoxy) is 1. The van der Waals surface area contributed by atoms with E-state index in [-0.39, 0.29) is 5.82 Å². The Morgan fingerprint density at radius 3 is 2.47 bits per heavy atom. The summed E-state index contributed by atoms with van der Waals surface area (Å²) in [7, 11) is 0. The first-order valence-electron chi connectivity index (χ1n) is 5.28. The zero-order valence-electron chi connectivity index (χ0n) is 9.41. The summed E-state index contributed by atoms with van der Waals surface area (Å²) in [5.74, 6) is 0.367. The molecule has 0 aliphatic carbocycles. The maximum Gasteiger partial charge on any atom is 0.134 e. The molecule has 0 aromatic heterocycles. The zero-order chi connectivity index (χ0) is 12.3. The van der Waals surface area contributed by atoms with E-state index in [4.69, 9.17) is 4.74 Å². The minimum atomic E-state index is -0.278.